The fourth-order valence-electron chi connectivity index (χ4n) is 1.30. The van der Waals surface area contributed by atoms with Crippen LogP contribution in [0.5, 0.6) is 0 Å². The topological polar surface area (TPSA) is 93.3 Å². The van der Waals surface area contributed by atoms with Crippen LogP contribution in [0, 0.1) is 10.1 Å². The minimum Gasteiger partial charge on any atom is -0.478 e. The summed E-state index contributed by atoms with van der Waals surface area (Å²) < 4.78 is 0.609. The van der Waals surface area contributed by atoms with Crippen LogP contribution in [0.4, 0.5) is 5.69 Å². The summed E-state index contributed by atoms with van der Waals surface area (Å²) in [6, 6.07) is 2.12. The van der Waals surface area contributed by atoms with Crippen LogP contribution in [-0.2, 0) is 0 Å². The molecule has 2 rings (SSSR count). The lowest BCUT2D eigenvalue weighted by Crippen LogP contribution is -2.01. The largest absolute Gasteiger partial charge is 0.478 e. The van der Waals surface area contributed by atoms with Crippen LogP contribution in [0.1, 0.15) is 10.4 Å². The van der Waals surface area contributed by atoms with Crippen LogP contribution in [-0.4, -0.2) is 21.0 Å². The van der Waals surface area contributed by atoms with Gasteiger partial charge in [-0.15, -0.1) is 11.3 Å². The Kier molecular flexibility index (Phi) is 4.03. The number of hydrogen-bond donors (Lipinski definition) is 1. The molecule has 0 aliphatic heterocycles. The van der Waals surface area contributed by atoms with Gasteiger partial charge in [0.2, 0.25) is 0 Å². The number of hydrogen-bond acceptors (Lipinski definition) is 6. The number of carbonyl (C=O) groups is 1. The van der Waals surface area contributed by atoms with Gasteiger partial charge in [-0.3, -0.25) is 10.1 Å². The first-order valence-electron chi connectivity index (χ1n) is 4.77. The third kappa shape index (κ3) is 3.03. The summed E-state index contributed by atoms with van der Waals surface area (Å²) >= 11 is 8.32. The number of carboxylic acid groups (broad SMARTS) is 1. The number of nitrogens with zero attached hydrogens (tertiary/aromatic N) is 2. The lowest BCUT2D eigenvalue weighted by atomic mass is 10.2. The summed E-state index contributed by atoms with van der Waals surface area (Å²) in [4.78, 5) is 25.4. The Hall–Kier alpha value is -1.64. The van der Waals surface area contributed by atoms with Gasteiger partial charge in [0.25, 0.3) is 5.69 Å². The Morgan fingerprint density at radius 2 is 2.26 bits per heavy atom. The molecule has 0 aliphatic carbocycles. The molecule has 6 nitrogen and oxygen atoms in total. The number of thiazole rings is 1. The van der Waals surface area contributed by atoms with Crippen molar-refractivity contribution in [2.75, 3.05) is 0 Å². The maximum Gasteiger partial charge on any atom is 0.337 e. The van der Waals surface area contributed by atoms with Gasteiger partial charge in [-0.2, -0.15) is 0 Å². The summed E-state index contributed by atoms with van der Waals surface area (Å²) in [6.45, 7) is 0. The predicted molar refractivity (Wildman–Crippen MR) is 71.3 cm³/mol. The van der Waals surface area contributed by atoms with Crippen molar-refractivity contribution in [2.45, 2.75) is 9.24 Å². The molecule has 0 aliphatic rings. The molecular weight excluding hydrogens is 312 g/mol. The Bertz CT molecular complexity index is 645. The second-order valence-corrected chi connectivity index (χ2v) is 5.83. The zero-order valence-electron chi connectivity index (χ0n) is 9.07. The molecule has 0 radical (unpaired) electrons. The first kappa shape index (κ1) is 13.8. The molecule has 0 atom stereocenters. The number of carboxylic acids is 1. The van der Waals surface area contributed by atoms with Gasteiger partial charge < -0.3 is 5.11 Å². The van der Waals surface area contributed by atoms with Crippen LogP contribution in [0.15, 0.2) is 32.9 Å². The third-order valence-corrected chi connectivity index (χ3v) is 4.51. The minimum atomic E-state index is -1.27. The Morgan fingerprint density at radius 3 is 2.79 bits per heavy atom. The highest BCUT2D eigenvalue weighted by molar-refractivity contribution is 8.01. The average Bonchev–Trinajstić information content (AvgIpc) is 2.83. The van der Waals surface area contributed by atoms with E-state index in [-0.39, 0.29) is 21.2 Å². The van der Waals surface area contributed by atoms with E-state index in [2.05, 4.69) is 4.98 Å². The van der Waals surface area contributed by atoms with Gasteiger partial charge in [-0.05, 0) is 0 Å². The van der Waals surface area contributed by atoms with Crippen LogP contribution >= 0.6 is 34.7 Å². The maximum absolute atomic E-state index is 11.2. The number of halogens is 1. The molecular formula is C10H5ClN2O4S2. The molecule has 0 fully saturated rings. The summed E-state index contributed by atoms with van der Waals surface area (Å²) in [7, 11) is 0. The van der Waals surface area contributed by atoms with E-state index in [9.17, 15) is 14.9 Å². The summed E-state index contributed by atoms with van der Waals surface area (Å²) in [5, 5.41) is 21.6. The molecule has 19 heavy (non-hydrogen) atoms. The fourth-order valence-corrected chi connectivity index (χ4v) is 3.29. The van der Waals surface area contributed by atoms with Crippen molar-refractivity contribution >= 4 is 46.4 Å². The Morgan fingerprint density at radius 1 is 1.53 bits per heavy atom. The summed E-state index contributed by atoms with van der Waals surface area (Å²) in [5.74, 6) is -1.27. The summed E-state index contributed by atoms with van der Waals surface area (Å²) in [5.41, 5.74) is -0.565. The highest BCUT2D eigenvalue weighted by atomic mass is 35.5. The molecule has 0 saturated carbocycles. The van der Waals surface area contributed by atoms with E-state index >= 15 is 0 Å². The van der Waals surface area contributed by atoms with Crippen LogP contribution in [0.3, 0.4) is 0 Å². The summed E-state index contributed by atoms with van der Waals surface area (Å²) in [6.07, 6.45) is 1.58. The third-order valence-electron chi connectivity index (χ3n) is 2.07. The van der Waals surface area contributed by atoms with E-state index in [1.165, 1.54) is 11.3 Å². The van der Waals surface area contributed by atoms with Gasteiger partial charge in [-0.25, -0.2) is 9.78 Å². The zero-order valence-corrected chi connectivity index (χ0v) is 11.5. The van der Waals surface area contributed by atoms with E-state index in [4.69, 9.17) is 16.7 Å². The molecule has 2 aromatic rings. The molecule has 0 saturated heterocycles. The highest BCUT2D eigenvalue weighted by Gasteiger charge is 2.21. The molecule has 1 N–H and O–H groups in total. The number of nitro benzene ring substituents is 1. The second-order valence-electron chi connectivity index (χ2n) is 3.27. The number of rotatable bonds is 4. The average molecular weight is 317 g/mol. The quantitative estimate of drug-likeness (QED) is 0.684. The van der Waals surface area contributed by atoms with Crippen molar-refractivity contribution in [2.24, 2.45) is 0 Å². The van der Waals surface area contributed by atoms with Crippen molar-refractivity contribution < 1.29 is 14.8 Å². The van der Waals surface area contributed by atoms with Gasteiger partial charge >= 0.3 is 5.97 Å². The van der Waals surface area contributed by atoms with Gasteiger partial charge in [0, 0.05) is 28.6 Å². The number of aromatic nitrogens is 1. The number of benzene rings is 1. The van der Waals surface area contributed by atoms with Gasteiger partial charge in [0.1, 0.15) is 0 Å². The fraction of sp³-hybridized carbons (Fsp3) is 0. The normalized spacial score (nSPS) is 10.4. The van der Waals surface area contributed by atoms with Crippen molar-refractivity contribution in [1.29, 1.82) is 0 Å². The van der Waals surface area contributed by atoms with Crippen LogP contribution in [0.2, 0.25) is 5.02 Å². The molecule has 9 heteroatoms. The van der Waals surface area contributed by atoms with Crippen molar-refractivity contribution in [3.05, 3.63) is 44.4 Å². The van der Waals surface area contributed by atoms with Crippen molar-refractivity contribution in [3.63, 3.8) is 0 Å². The zero-order chi connectivity index (χ0) is 14.0. The molecule has 0 unspecified atom stereocenters. The standard InChI is InChI=1S/C10H5ClN2O4S2/c11-7-4-5(13(16)17)3-6(9(14)15)8(7)19-10-12-1-2-18-10/h1-4H,(H,14,15). The minimum absolute atomic E-state index is 0.0202. The van der Waals surface area contributed by atoms with E-state index in [1.807, 2.05) is 0 Å². The smallest absolute Gasteiger partial charge is 0.337 e. The molecule has 1 aromatic heterocycles. The van der Waals surface area contributed by atoms with Crippen LogP contribution < -0.4 is 0 Å². The van der Waals surface area contributed by atoms with Crippen molar-refractivity contribution in [1.82, 2.24) is 4.98 Å². The monoisotopic (exact) mass is 316 g/mol. The van der Waals surface area contributed by atoms with Crippen molar-refractivity contribution in [3.8, 4) is 0 Å². The van der Waals surface area contributed by atoms with E-state index < -0.39 is 10.9 Å². The van der Waals surface area contributed by atoms with E-state index in [0.717, 1.165) is 23.9 Å². The van der Waals surface area contributed by atoms with E-state index in [1.54, 1.807) is 11.6 Å². The number of nitro groups is 1. The first-order chi connectivity index (χ1) is 8.99. The molecule has 98 valence electrons. The molecule has 1 aromatic carbocycles. The molecule has 0 amide bonds. The van der Waals surface area contributed by atoms with Gasteiger partial charge in [-0.1, -0.05) is 23.4 Å². The number of aromatic carboxylic acids is 1. The Balaban J connectivity index is 2.52. The second kappa shape index (κ2) is 5.55. The lowest BCUT2D eigenvalue weighted by molar-refractivity contribution is -0.384. The van der Waals surface area contributed by atoms with Gasteiger partial charge in [0.15, 0.2) is 4.34 Å². The molecule has 0 bridgehead atoms. The van der Waals surface area contributed by atoms with Crippen LogP contribution in [0.25, 0.3) is 0 Å². The first-order valence-corrected chi connectivity index (χ1v) is 6.85. The maximum atomic E-state index is 11.2. The number of non-ortho nitro benzene ring substituents is 1. The Labute approximate surface area is 120 Å². The predicted octanol–water partition coefficient (Wildman–Crippen LogP) is 3.55. The van der Waals surface area contributed by atoms with Gasteiger partial charge in [0.05, 0.1) is 15.5 Å². The SMILES string of the molecule is O=C(O)c1cc([N+](=O)[O-])cc(Cl)c1Sc1nccs1. The molecule has 1 heterocycles. The highest BCUT2D eigenvalue weighted by Crippen LogP contribution is 2.39. The molecule has 0 spiro atoms. The van der Waals surface area contributed by atoms with E-state index in [0.29, 0.717) is 4.34 Å². The lowest BCUT2D eigenvalue weighted by Gasteiger charge is -2.06.